The standard InChI is InChI=1S/2C17H12N2O3.Ca/c2*20-16-14(17(21)22)10-11-6-4-5-9-13(11)15(16)19-18-12-7-2-1-3-8-12;/h2*1-10,20H,(H,21,22);/q;;+2/p-2. The van der Waals surface area contributed by atoms with Gasteiger partial charge in [-0.25, -0.2) is 4.79 Å². The summed E-state index contributed by atoms with van der Waals surface area (Å²) in [7, 11) is 0. The molecule has 0 aliphatic carbocycles. The van der Waals surface area contributed by atoms with Crippen LogP contribution in [0.2, 0.25) is 0 Å². The monoisotopic (exact) mass is 622 g/mol. The first-order valence-electron chi connectivity index (χ1n) is 13.2. The van der Waals surface area contributed by atoms with Crippen molar-refractivity contribution in [3.63, 3.8) is 0 Å². The van der Waals surface area contributed by atoms with Crippen molar-refractivity contribution < 1.29 is 30.0 Å². The maximum absolute atomic E-state index is 12.3. The van der Waals surface area contributed by atoms with Crippen LogP contribution in [0.3, 0.4) is 0 Å². The molecule has 0 spiro atoms. The van der Waals surface area contributed by atoms with Crippen molar-refractivity contribution in [1.29, 1.82) is 0 Å². The van der Waals surface area contributed by atoms with Crippen LogP contribution in [-0.4, -0.2) is 59.9 Å². The van der Waals surface area contributed by atoms with Crippen LogP contribution in [0, 0.1) is 0 Å². The number of hydrogen-bond donors (Lipinski definition) is 2. The molecule has 0 fully saturated rings. The van der Waals surface area contributed by atoms with Gasteiger partial charge in [-0.15, -0.1) is 5.11 Å². The first kappa shape index (κ1) is 32.7. The Morgan fingerprint density at radius 1 is 0.578 bits per heavy atom. The molecule has 0 heterocycles. The van der Waals surface area contributed by atoms with Gasteiger partial charge < -0.3 is 25.2 Å². The smallest absolute Gasteiger partial charge is 0.871 e. The molecule has 2 N–H and O–H groups in total. The van der Waals surface area contributed by atoms with Gasteiger partial charge in [-0.1, -0.05) is 90.7 Å². The van der Waals surface area contributed by atoms with Crippen LogP contribution in [0.4, 0.5) is 22.7 Å². The van der Waals surface area contributed by atoms with E-state index in [0.29, 0.717) is 32.9 Å². The van der Waals surface area contributed by atoms with Gasteiger partial charge in [0.25, 0.3) is 0 Å². The van der Waals surface area contributed by atoms with Gasteiger partial charge in [0.1, 0.15) is 11.3 Å². The van der Waals surface area contributed by atoms with E-state index in [1.807, 2.05) is 24.3 Å². The fourth-order valence-electron chi connectivity index (χ4n) is 4.35. The Labute approximate surface area is 286 Å². The zero-order valence-corrected chi connectivity index (χ0v) is 25.8. The van der Waals surface area contributed by atoms with Crippen LogP contribution in [-0.2, 0) is 0 Å². The van der Waals surface area contributed by atoms with Gasteiger partial charge in [0.2, 0.25) is 0 Å². The minimum Gasteiger partial charge on any atom is -0.871 e. The maximum Gasteiger partial charge on any atom is 2.00 e. The number of rotatable bonds is 6. The predicted octanol–water partition coefficient (Wildman–Crippen LogP) is 6.97. The fraction of sp³-hybridized carbons (Fsp3) is 0. The Morgan fingerprint density at radius 3 is 1.49 bits per heavy atom. The second kappa shape index (κ2) is 15.0. The van der Waals surface area contributed by atoms with Crippen LogP contribution in [0.15, 0.2) is 142 Å². The van der Waals surface area contributed by atoms with E-state index < -0.39 is 23.3 Å². The summed E-state index contributed by atoms with van der Waals surface area (Å²) in [5, 5.41) is 61.3. The molecule has 0 amide bonds. The van der Waals surface area contributed by atoms with Crippen LogP contribution >= 0.6 is 0 Å². The van der Waals surface area contributed by atoms with Crippen LogP contribution in [0.25, 0.3) is 21.5 Å². The zero-order chi connectivity index (χ0) is 31.1. The average Bonchev–Trinajstić information content (AvgIpc) is 3.04. The molecular formula is C34H22CaN4O6. The second-order valence-corrected chi connectivity index (χ2v) is 9.33. The topological polar surface area (TPSA) is 170 Å². The van der Waals surface area contributed by atoms with Gasteiger partial charge in [0, 0.05) is 10.8 Å². The summed E-state index contributed by atoms with van der Waals surface area (Å²) in [5.41, 5.74) is 0.735. The van der Waals surface area contributed by atoms with Crippen molar-refractivity contribution in [3.05, 3.63) is 132 Å². The average molecular weight is 623 g/mol. The number of carbonyl (C=O) groups is 2. The molecule has 0 aliphatic rings. The van der Waals surface area contributed by atoms with Gasteiger partial charge >= 0.3 is 43.7 Å². The van der Waals surface area contributed by atoms with Gasteiger partial charge in [-0.2, -0.15) is 15.3 Å². The molecule has 6 rings (SSSR count). The van der Waals surface area contributed by atoms with E-state index >= 15 is 0 Å². The molecular weight excluding hydrogens is 600 g/mol. The molecule has 45 heavy (non-hydrogen) atoms. The third-order valence-electron chi connectivity index (χ3n) is 6.46. The molecule has 0 unspecified atom stereocenters. The largest absolute Gasteiger partial charge is 2.00 e. The Bertz CT molecular complexity index is 1900. The maximum atomic E-state index is 12.3. The van der Waals surface area contributed by atoms with Crippen molar-refractivity contribution in [2.75, 3.05) is 0 Å². The Morgan fingerprint density at radius 2 is 1.00 bits per heavy atom. The van der Waals surface area contributed by atoms with Gasteiger partial charge in [-0.3, -0.25) is 0 Å². The Kier molecular flexibility index (Phi) is 10.9. The third kappa shape index (κ3) is 7.68. The fourth-order valence-corrected chi connectivity index (χ4v) is 4.35. The third-order valence-corrected chi connectivity index (χ3v) is 6.46. The molecule has 0 atom stereocenters. The van der Waals surface area contributed by atoms with E-state index in [-0.39, 0.29) is 60.4 Å². The summed E-state index contributed by atoms with van der Waals surface area (Å²) in [6.45, 7) is 0. The van der Waals surface area contributed by atoms with E-state index in [1.54, 1.807) is 84.9 Å². The van der Waals surface area contributed by atoms with Gasteiger partial charge in [0.05, 0.1) is 23.0 Å². The summed E-state index contributed by atoms with van der Waals surface area (Å²) < 4.78 is 0. The number of benzene rings is 6. The van der Waals surface area contributed by atoms with E-state index in [4.69, 9.17) is 0 Å². The first-order valence-corrected chi connectivity index (χ1v) is 13.2. The number of phenols is 1. The molecule has 11 heteroatoms. The first-order chi connectivity index (χ1) is 21.3. The van der Waals surface area contributed by atoms with Crippen molar-refractivity contribution in [3.8, 4) is 11.5 Å². The quantitative estimate of drug-likeness (QED) is 0.150. The summed E-state index contributed by atoms with van der Waals surface area (Å²) in [6, 6.07) is 34.7. The molecule has 0 radical (unpaired) electrons. The number of fused-ring (bicyclic) bond motifs is 2. The number of aromatic carboxylic acids is 2. The normalized spacial score (nSPS) is 10.8. The van der Waals surface area contributed by atoms with E-state index in [2.05, 4.69) is 20.5 Å². The van der Waals surface area contributed by atoms with E-state index in [1.165, 1.54) is 12.1 Å². The zero-order valence-electron chi connectivity index (χ0n) is 23.6. The second-order valence-electron chi connectivity index (χ2n) is 9.33. The molecule has 216 valence electrons. The SMILES string of the molecule is O=C(O)c1cc2ccccc2c(N=Nc2ccccc2)c1O.O=C([O-])c1cc2ccccc2c(N=Nc2ccccc2)c1[O-].[Ca+2]. The van der Waals surface area contributed by atoms with Crippen LogP contribution in [0.1, 0.15) is 20.7 Å². The van der Waals surface area contributed by atoms with E-state index in [9.17, 15) is 30.0 Å². The molecule has 0 aliphatic heterocycles. The molecule has 6 aromatic rings. The Hall–Kier alpha value is -5.16. The number of carbonyl (C=O) groups excluding carboxylic acids is 1. The molecule has 6 aromatic carbocycles. The molecule has 0 aromatic heterocycles. The summed E-state index contributed by atoms with van der Waals surface area (Å²) in [5.74, 6) is -3.81. The van der Waals surface area contributed by atoms with Crippen LogP contribution < -0.4 is 10.2 Å². The van der Waals surface area contributed by atoms with Crippen molar-refractivity contribution in [2.45, 2.75) is 0 Å². The number of nitrogens with zero attached hydrogens (tertiary/aromatic N) is 4. The number of aromatic hydroxyl groups is 1. The number of hydrogen-bond acceptors (Lipinski definition) is 9. The van der Waals surface area contributed by atoms with Crippen molar-refractivity contribution in [1.82, 2.24) is 0 Å². The van der Waals surface area contributed by atoms with Crippen molar-refractivity contribution >= 4 is 94.0 Å². The molecule has 10 nitrogen and oxygen atoms in total. The summed E-state index contributed by atoms with van der Waals surface area (Å²) >= 11 is 0. The number of carboxylic acid groups (broad SMARTS) is 2. The Balaban J connectivity index is 0.000000200. The summed E-state index contributed by atoms with van der Waals surface area (Å²) in [6.07, 6.45) is 0. The minimum absolute atomic E-state index is 0. The predicted molar refractivity (Wildman–Crippen MR) is 167 cm³/mol. The minimum atomic E-state index is -1.52. The molecule has 0 saturated heterocycles. The number of carboxylic acids is 2. The van der Waals surface area contributed by atoms with Crippen molar-refractivity contribution in [2.24, 2.45) is 20.5 Å². The summed E-state index contributed by atoms with van der Waals surface area (Å²) in [4.78, 5) is 22.4. The van der Waals surface area contributed by atoms with Gasteiger partial charge in [0.15, 0.2) is 5.75 Å². The van der Waals surface area contributed by atoms with E-state index in [0.717, 1.165) is 0 Å². The van der Waals surface area contributed by atoms with Crippen LogP contribution in [0.5, 0.6) is 11.5 Å². The number of azo groups is 2. The molecule has 0 saturated carbocycles. The molecule has 0 bridgehead atoms. The van der Waals surface area contributed by atoms with Gasteiger partial charge in [-0.05, 0) is 52.7 Å².